The van der Waals surface area contributed by atoms with Crippen molar-refractivity contribution in [2.45, 2.75) is 30.7 Å². The number of rotatable bonds is 4. The number of ether oxygens (including phenoxy) is 1. The summed E-state index contributed by atoms with van der Waals surface area (Å²) in [6.07, 6.45) is -9.85. The van der Waals surface area contributed by atoms with E-state index in [0.29, 0.717) is 0 Å². The number of anilines is 1. The van der Waals surface area contributed by atoms with Gasteiger partial charge in [0.05, 0.1) is 27.7 Å². The Labute approximate surface area is 154 Å². The van der Waals surface area contributed by atoms with E-state index in [2.05, 4.69) is 10.3 Å². The molecule has 1 aromatic carbocycles. The predicted octanol–water partition coefficient (Wildman–Crippen LogP) is 1.93. The maximum atomic E-state index is 12.6. The fourth-order valence-electron chi connectivity index (χ4n) is 2.75. The molecule has 4 N–H and O–H groups in total. The Hall–Kier alpha value is -1.30. The molecule has 0 spiro atoms. The Morgan fingerprint density at radius 3 is 2.42 bits per heavy atom. The van der Waals surface area contributed by atoms with Crippen LogP contribution in [0.15, 0.2) is 12.1 Å². The maximum absolute atomic E-state index is 12.6. The molecule has 12 heteroatoms. The highest BCUT2D eigenvalue weighted by molar-refractivity contribution is 6.42. The molecule has 4 atom stereocenters. The molecule has 0 radical (unpaired) electrons. The Balaban J connectivity index is 2.10. The lowest BCUT2D eigenvalue weighted by molar-refractivity contribution is -0.115. The summed E-state index contributed by atoms with van der Waals surface area (Å²) in [5.74, 6) is -0.259. The number of halogens is 5. The van der Waals surface area contributed by atoms with Crippen molar-refractivity contribution in [2.75, 3.05) is 18.5 Å². The van der Waals surface area contributed by atoms with Crippen LogP contribution < -0.4 is 5.32 Å². The van der Waals surface area contributed by atoms with Gasteiger partial charge in [-0.3, -0.25) is 4.57 Å². The lowest BCUT2D eigenvalue weighted by Gasteiger charge is -2.20. The molecule has 7 nitrogen and oxygen atoms in total. The molecule has 0 aliphatic carbocycles. The van der Waals surface area contributed by atoms with Gasteiger partial charge in [0.1, 0.15) is 24.9 Å². The van der Waals surface area contributed by atoms with Gasteiger partial charge >= 0.3 is 6.18 Å². The largest absolute Gasteiger partial charge is 0.405 e. The minimum Gasteiger partial charge on any atom is -0.394 e. The first kappa shape index (κ1) is 19.5. The molecule has 1 saturated heterocycles. The lowest BCUT2D eigenvalue weighted by Crippen LogP contribution is -2.33. The topological polar surface area (TPSA) is 99.8 Å². The van der Waals surface area contributed by atoms with E-state index in [1.807, 2.05) is 0 Å². The van der Waals surface area contributed by atoms with Crippen LogP contribution in [-0.2, 0) is 4.74 Å². The Morgan fingerprint density at radius 1 is 1.19 bits per heavy atom. The van der Waals surface area contributed by atoms with Crippen molar-refractivity contribution in [3.8, 4) is 0 Å². The zero-order valence-electron chi connectivity index (χ0n) is 12.9. The highest BCUT2D eigenvalue weighted by Gasteiger charge is 2.45. The average molecular weight is 416 g/mol. The zero-order chi connectivity index (χ0) is 19.2. The molecule has 26 heavy (non-hydrogen) atoms. The fraction of sp³-hybridized carbons (Fsp3) is 0.500. The van der Waals surface area contributed by atoms with E-state index in [1.54, 1.807) is 0 Å². The standard InChI is InChI=1S/C14H14Cl2F3N3O4/c15-5-1-7-8(2-6(5)16)22(13(21-7)20-4-14(17,18)19)12-11(25)10(24)9(3-23)26-12/h1-2,9-12,23-25H,3-4H2,(H,20,21)/t9-,10-,11-,12-/m1/s1. The van der Waals surface area contributed by atoms with Crippen LogP contribution in [0.5, 0.6) is 0 Å². The summed E-state index contributed by atoms with van der Waals surface area (Å²) in [6.45, 7) is -1.97. The van der Waals surface area contributed by atoms with Crippen molar-refractivity contribution >= 4 is 40.2 Å². The van der Waals surface area contributed by atoms with Crippen molar-refractivity contribution in [3.63, 3.8) is 0 Å². The first-order valence-corrected chi connectivity index (χ1v) is 8.18. The number of nitrogens with zero attached hydrogens (tertiary/aromatic N) is 2. The van der Waals surface area contributed by atoms with Gasteiger partial charge in [0.15, 0.2) is 6.23 Å². The first-order chi connectivity index (χ1) is 12.1. The Morgan fingerprint density at radius 2 is 1.85 bits per heavy atom. The van der Waals surface area contributed by atoms with Crippen LogP contribution in [0.3, 0.4) is 0 Å². The van der Waals surface area contributed by atoms with Gasteiger partial charge in [-0.2, -0.15) is 13.2 Å². The average Bonchev–Trinajstić information content (AvgIpc) is 3.03. The second-order valence-electron chi connectivity index (χ2n) is 5.76. The summed E-state index contributed by atoms with van der Waals surface area (Å²) in [4.78, 5) is 4.05. The fourth-order valence-corrected chi connectivity index (χ4v) is 3.06. The van der Waals surface area contributed by atoms with Gasteiger partial charge < -0.3 is 25.4 Å². The SMILES string of the molecule is OC[C@H]1O[C@@H](n2c(NCC(F)(F)F)nc3cc(Cl)c(Cl)cc32)[C@H](O)[C@@H]1O. The highest BCUT2D eigenvalue weighted by atomic mass is 35.5. The second kappa shape index (κ2) is 7.02. The number of hydrogen-bond donors (Lipinski definition) is 4. The van der Waals surface area contributed by atoms with Crippen molar-refractivity contribution in [2.24, 2.45) is 0 Å². The lowest BCUT2D eigenvalue weighted by atomic mass is 10.1. The normalized spacial score (nSPS) is 26.6. The molecule has 2 heterocycles. The molecule has 144 valence electrons. The molecular weight excluding hydrogens is 402 g/mol. The van der Waals surface area contributed by atoms with E-state index in [4.69, 9.17) is 27.9 Å². The molecule has 0 bridgehead atoms. The number of hydrogen-bond acceptors (Lipinski definition) is 6. The molecular formula is C14H14Cl2F3N3O4. The van der Waals surface area contributed by atoms with E-state index < -0.39 is 43.9 Å². The van der Waals surface area contributed by atoms with Crippen LogP contribution in [0.1, 0.15) is 6.23 Å². The second-order valence-corrected chi connectivity index (χ2v) is 6.57. The smallest absolute Gasteiger partial charge is 0.394 e. The van der Waals surface area contributed by atoms with Gasteiger partial charge in [0.25, 0.3) is 0 Å². The van der Waals surface area contributed by atoms with Gasteiger partial charge in [-0.15, -0.1) is 0 Å². The third-order valence-electron chi connectivity index (χ3n) is 3.95. The molecule has 0 unspecified atom stereocenters. The summed E-state index contributed by atoms with van der Waals surface area (Å²) in [6, 6.07) is 2.72. The number of nitrogens with one attached hydrogen (secondary N) is 1. The van der Waals surface area contributed by atoms with Crippen LogP contribution in [0.25, 0.3) is 11.0 Å². The molecule has 0 amide bonds. The number of aliphatic hydroxyl groups is 3. The monoisotopic (exact) mass is 415 g/mol. The summed E-state index contributed by atoms with van der Waals surface area (Å²) < 4.78 is 44.3. The highest BCUT2D eigenvalue weighted by Crippen LogP contribution is 2.37. The Kier molecular flexibility index (Phi) is 5.26. The van der Waals surface area contributed by atoms with E-state index in [0.717, 1.165) is 4.57 Å². The van der Waals surface area contributed by atoms with Crippen LogP contribution in [-0.4, -0.2) is 62.5 Å². The van der Waals surface area contributed by atoms with Gasteiger partial charge in [0.2, 0.25) is 5.95 Å². The zero-order valence-corrected chi connectivity index (χ0v) is 14.4. The third kappa shape index (κ3) is 3.57. The van der Waals surface area contributed by atoms with Gasteiger partial charge in [-0.05, 0) is 12.1 Å². The van der Waals surface area contributed by atoms with Crippen LogP contribution in [0.4, 0.5) is 19.1 Å². The van der Waals surface area contributed by atoms with Crippen molar-refractivity contribution in [3.05, 3.63) is 22.2 Å². The van der Waals surface area contributed by atoms with Crippen LogP contribution in [0.2, 0.25) is 10.0 Å². The van der Waals surface area contributed by atoms with Crippen molar-refractivity contribution < 1.29 is 33.2 Å². The predicted molar refractivity (Wildman–Crippen MR) is 87.3 cm³/mol. The van der Waals surface area contributed by atoms with Crippen molar-refractivity contribution in [1.82, 2.24) is 9.55 Å². The molecule has 1 aromatic heterocycles. The molecule has 3 rings (SSSR count). The molecule has 2 aromatic rings. The van der Waals surface area contributed by atoms with Gasteiger partial charge in [-0.1, -0.05) is 23.2 Å². The maximum Gasteiger partial charge on any atom is 0.405 e. The number of alkyl halides is 3. The quantitative estimate of drug-likeness (QED) is 0.608. The van der Waals surface area contributed by atoms with E-state index in [-0.39, 0.29) is 27.0 Å². The first-order valence-electron chi connectivity index (χ1n) is 7.42. The molecule has 1 aliphatic rings. The number of aliphatic hydroxyl groups excluding tert-OH is 3. The van der Waals surface area contributed by atoms with Gasteiger partial charge in [0, 0.05) is 0 Å². The van der Waals surface area contributed by atoms with E-state index in [1.165, 1.54) is 12.1 Å². The van der Waals surface area contributed by atoms with E-state index in [9.17, 15) is 28.5 Å². The number of benzene rings is 1. The summed E-state index contributed by atoms with van der Waals surface area (Å²) in [7, 11) is 0. The van der Waals surface area contributed by atoms with Crippen molar-refractivity contribution in [1.29, 1.82) is 0 Å². The molecule has 1 aliphatic heterocycles. The molecule has 1 fully saturated rings. The minimum absolute atomic E-state index is 0.120. The number of fused-ring (bicyclic) bond motifs is 1. The van der Waals surface area contributed by atoms with E-state index >= 15 is 0 Å². The third-order valence-corrected chi connectivity index (χ3v) is 4.67. The minimum atomic E-state index is -4.51. The van der Waals surface area contributed by atoms with Gasteiger partial charge in [-0.25, -0.2) is 4.98 Å². The Bertz CT molecular complexity index is 817. The number of aromatic nitrogens is 2. The molecule has 0 saturated carbocycles. The summed E-state index contributed by atoms with van der Waals surface area (Å²) >= 11 is 11.9. The summed E-state index contributed by atoms with van der Waals surface area (Å²) in [5, 5.41) is 31.8. The van der Waals surface area contributed by atoms with Crippen LogP contribution in [0, 0.1) is 0 Å². The number of imidazole rings is 1. The summed E-state index contributed by atoms with van der Waals surface area (Å²) in [5.41, 5.74) is 0.445. The van der Waals surface area contributed by atoms with Crippen LogP contribution >= 0.6 is 23.2 Å².